The average Bonchev–Trinajstić information content (AvgIpc) is 3.18. The van der Waals surface area contributed by atoms with Crippen molar-refractivity contribution in [2.24, 2.45) is 11.3 Å². The molecule has 0 spiro atoms. The Morgan fingerprint density at radius 3 is 2.60 bits per heavy atom. The van der Waals surface area contributed by atoms with E-state index in [1.807, 2.05) is 32.0 Å². The van der Waals surface area contributed by atoms with Gasteiger partial charge in [-0.3, -0.25) is 4.79 Å². The summed E-state index contributed by atoms with van der Waals surface area (Å²) in [5, 5.41) is 6.39. The van der Waals surface area contributed by atoms with Crippen LogP contribution in [0.2, 0.25) is 0 Å². The van der Waals surface area contributed by atoms with Gasteiger partial charge in [0.05, 0.1) is 5.56 Å². The summed E-state index contributed by atoms with van der Waals surface area (Å²) in [6.45, 7) is 10.2. The molecular weight excluding hydrogens is 248 g/mol. The molecule has 1 aromatic carbocycles. The van der Waals surface area contributed by atoms with Crippen LogP contribution in [0.4, 0.5) is 5.69 Å². The molecule has 20 heavy (non-hydrogen) atoms. The van der Waals surface area contributed by atoms with E-state index >= 15 is 0 Å². The molecule has 0 radical (unpaired) electrons. The summed E-state index contributed by atoms with van der Waals surface area (Å²) in [7, 11) is 0. The molecule has 1 amide bonds. The molecule has 2 rings (SSSR count). The number of amides is 1. The maximum absolute atomic E-state index is 12.4. The fraction of sp³-hybridized carbons (Fsp3) is 0.588. The maximum Gasteiger partial charge on any atom is 0.253 e. The molecule has 0 bridgehead atoms. The number of nitrogens with one attached hydrogen (secondary N) is 2. The van der Waals surface area contributed by atoms with Crippen LogP contribution in [-0.4, -0.2) is 19.0 Å². The Balaban J connectivity index is 2.05. The van der Waals surface area contributed by atoms with Gasteiger partial charge in [-0.2, -0.15) is 0 Å². The third kappa shape index (κ3) is 3.14. The van der Waals surface area contributed by atoms with Gasteiger partial charge in [-0.05, 0) is 55.7 Å². The highest BCUT2D eigenvalue weighted by atomic mass is 16.1. The van der Waals surface area contributed by atoms with Crippen molar-refractivity contribution in [3.8, 4) is 0 Å². The summed E-state index contributed by atoms with van der Waals surface area (Å²) in [4.78, 5) is 12.4. The number of anilines is 1. The molecule has 110 valence electrons. The van der Waals surface area contributed by atoms with E-state index in [-0.39, 0.29) is 5.91 Å². The van der Waals surface area contributed by atoms with E-state index in [0.29, 0.717) is 11.3 Å². The van der Waals surface area contributed by atoms with Crippen molar-refractivity contribution in [2.75, 3.05) is 18.4 Å². The van der Waals surface area contributed by atoms with Crippen LogP contribution >= 0.6 is 0 Å². The van der Waals surface area contributed by atoms with Crippen molar-refractivity contribution in [3.63, 3.8) is 0 Å². The SMILES string of the molecule is CCNc1cc(C)ccc1C(=O)NCC1(C(C)C)CC1. The van der Waals surface area contributed by atoms with E-state index in [0.717, 1.165) is 24.3 Å². The van der Waals surface area contributed by atoms with E-state index < -0.39 is 0 Å². The van der Waals surface area contributed by atoms with Crippen molar-refractivity contribution in [1.82, 2.24) is 5.32 Å². The fourth-order valence-corrected chi connectivity index (χ4v) is 2.66. The molecule has 0 aromatic heterocycles. The van der Waals surface area contributed by atoms with Crippen LogP contribution in [0.5, 0.6) is 0 Å². The number of aryl methyl sites for hydroxylation is 1. The quantitative estimate of drug-likeness (QED) is 0.832. The lowest BCUT2D eigenvalue weighted by atomic mass is 9.92. The van der Waals surface area contributed by atoms with Crippen LogP contribution < -0.4 is 10.6 Å². The first-order valence-electron chi connectivity index (χ1n) is 7.61. The monoisotopic (exact) mass is 274 g/mol. The highest BCUT2D eigenvalue weighted by molar-refractivity contribution is 5.99. The number of carbonyl (C=O) groups is 1. The second-order valence-corrected chi connectivity index (χ2v) is 6.28. The predicted molar refractivity (Wildman–Crippen MR) is 84.2 cm³/mol. The molecule has 3 heteroatoms. The van der Waals surface area contributed by atoms with Crippen LogP contribution in [0.1, 0.15) is 49.5 Å². The second-order valence-electron chi connectivity index (χ2n) is 6.28. The van der Waals surface area contributed by atoms with E-state index in [1.54, 1.807) is 0 Å². The standard InChI is InChI=1S/C17H26N2O/c1-5-18-15-10-13(4)6-7-14(15)16(20)19-11-17(8-9-17)12(2)3/h6-7,10,12,18H,5,8-9,11H2,1-4H3,(H,19,20). The van der Waals surface area contributed by atoms with Gasteiger partial charge in [-0.15, -0.1) is 0 Å². The van der Waals surface area contributed by atoms with Crippen LogP contribution in [-0.2, 0) is 0 Å². The van der Waals surface area contributed by atoms with E-state index in [4.69, 9.17) is 0 Å². The van der Waals surface area contributed by atoms with Crippen molar-refractivity contribution >= 4 is 11.6 Å². The lowest BCUT2D eigenvalue weighted by Gasteiger charge is -2.20. The number of hydrogen-bond donors (Lipinski definition) is 2. The van der Waals surface area contributed by atoms with Crippen molar-refractivity contribution in [2.45, 2.75) is 40.5 Å². The van der Waals surface area contributed by atoms with Gasteiger partial charge in [-0.1, -0.05) is 19.9 Å². The van der Waals surface area contributed by atoms with Gasteiger partial charge in [0.2, 0.25) is 0 Å². The Morgan fingerprint density at radius 2 is 2.05 bits per heavy atom. The average molecular weight is 274 g/mol. The number of rotatable bonds is 6. The molecular formula is C17H26N2O. The molecule has 0 atom stereocenters. The highest BCUT2D eigenvalue weighted by Gasteiger charge is 2.45. The molecule has 1 aliphatic carbocycles. The summed E-state index contributed by atoms with van der Waals surface area (Å²) < 4.78 is 0. The van der Waals surface area contributed by atoms with Crippen LogP contribution in [0, 0.1) is 18.3 Å². The van der Waals surface area contributed by atoms with Gasteiger partial charge in [0.25, 0.3) is 5.91 Å². The zero-order valence-electron chi connectivity index (χ0n) is 13.0. The van der Waals surface area contributed by atoms with Gasteiger partial charge in [0.1, 0.15) is 0 Å². The van der Waals surface area contributed by atoms with Crippen molar-refractivity contribution < 1.29 is 4.79 Å². The molecule has 1 saturated carbocycles. The van der Waals surface area contributed by atoms with Crippen molar-refractivity contribution in [1.29, 1.82) is 0 Å². The smallest absolute Gasteiger partial charge is 0.253 e. The number of hydrogen-bond acceptors (Lipinski definition) is 2. The summed E-state index contributed by atoms with van der Waals surface area (Å²) in [5.41, 5.74) is 3.19. The van der Waals surface area contributed by atoms with Crippen LogP contribution in [0.15, 0.2) is 18.2 Å². The maximum atomic E-state index is 12.4. The van der Waals surface area contributed by atoms with Gasteiger partial charge >= 0.3 is 0 Å². The van der Waals surface area contributed by atoms with Gasteiger partial charge < -0.3 is 10.6 Å². The van der Waals surface area contributed by atoms with Gasteiger partial charge in [0.15, 0.2) is 0 Å². The van der Waals surface area contributed by atoms with Crippen LogP contribution in [0.3, 0.4) is 0 Å². The molecule has 2 N–H and O–H groups in total. The lowest BCUT2D eigenvalue weighted by molar-refractivity contribution is 0.0940. The molecule has 1 fully saturated rings. The van der Waals surface area contributed by atoms with Crippen LogP contribution in [0.25, 0.3) is 0 Å². The molecule has 0 aliphatic heterocycles. The highest BCUT2D eigenvalue weighted by Crippen LogP contribution is 2.51. The van der Waals surface area contributed by atoms with Crippen molar-refractivity contribution in [3.05, 3.63) is 29.3 Å². The summed E-state index contributed by atoms with van der Waals surface area (Å²) >= 11 is 0. The molecule has 0 saturated heterocycles. The Labute approximate surface area is 122 Å². The molecule has 3 nitrogen and oxygen atoms in total. The zero-order chi connectivity index (χ0) is 14.8. The Hall–Kier alpha value is -1.51. The third-order valence-corrected chi connectivity index (χ3v) is 4.50. The molecule has 0 unspecified atom stereocenters. The largest absolute Gasteiger partial charge is 0.385 e. The number of carbonyl (C=O) groups excluding carboxylic acids is 1. The first-order chi connectivity index (χ1) is 9.48. The van der Waals surface area contributed by atoms with E-state index in [2.05, 4.69) is 24.5 Å². The molecule has 1 aliphatic rings. The number of benzene rings is 1. The fourth-order valence-electron chi connectivity index (χ4n) is 2.66. The van der Waals surface area contributed by atoms with E-state index in [9.17, 15) is 4.79 Å². The third-order valence-electron chi connectivity index (χ3n) is 4.50. The van der Waals surface area contributed by atoms with Gasteiger partial charge in [-0.25, -0.2) is 0 Å². The second kappa shape index (κ2) is 5.86. The minimum Gasteiger partial charge on any atom is -0.385 e. The minimum atomic E-state index is 0.0351. The first-order valence-corrected chi connectivity index (χ1v) is 7.61. The first kappa shape index (κ1) is 14.9. The van der Waals surface area contributed by atoms with E-state index in [1.165, 1.54) is 18.4 Å². The Morgan fingerprint density at radius 1 is 1.35 bits per heavy atom. The van der Waals surface area contributed by atoms with Gasteiger partial charge in [0, 0.05) is 18.8 Å². The zero-order valence-corrected chi connectivity index (χ0v) is 13.0. The predicted octanol–water partition coefficient (Wildman–Crippen LogP) is 3.59. The Kier molecular flexibility index (Phi) is 4.36. The topological polar surface area (TPSA) is 41.1 Å². The Bertz CT molecular complexity index is 490. The normalized spacial score (nSPS) is 16.1. The summed E-state index contributed by atoms with van der Waals surface area (Å²) in [6.07, 6.45) is 2.47. The summed E-state index contributed by atoms with van der Waals surface area (Å²) in [6, 6.07) is 5.94. The minimum absolute atomic E-state index is 0.0351. The molecule has 0 heterocycles. The summed E-state index contributed by atoms with van der Waals surface area (Å²) in [5.74, 6) is 0.668. The molecule has 1 aromatic rings. The lowest BCUT2D eigenvalue weighted by Crippen LogP contribution is -2.33.